The lowest BCUT2D eigenvalue weighted by atomic mass is 9.96. The van der Waals surface area contributed by atoms with Gasteiger partial charge in [-0.2, -0.15) is 0 Å². The zero-order valence-electron chi connectivity index (χ0n) is 13.1. The Bertz CT molecular complexity index is 524. The van der Waals surface area contributed by atoms with Gasteiger partial charge < -0.3 is 10.6 Å². The highest BCUT2D eigenvalue weighted by atomic mass is 35.5. The fraction of sp³-hybridized carbons (Fsp3) is 0.529. The Balaban J connectivity index is 2.03. The first-order valence-electron chi connectivity index (χ1n) is 7.80. The van der Waals surface area contributed by atoms with Crippen molar-refractivity contribution in [2.75, 3.05) is 0 Å². The van der Waals surface area contributed by atoms with Gasteiger partial charge in [0.1, 0.15) is 6.04 Å². The lowest BCUT2D eigenvalue weighted by Gasteiger charge is -2.25. The molecule has 1 saturated carbocycles. The molecule has 0 bridgehead atoms. The van der Waals surface area contributed by atoms with Crippen molar-refractivity contribution in [3.63, 3.8) is 0 Å². The summed E-state index contributed by atoms with van der Waals surface area (Å²) < 4.78 is 0. The molecule has 5 heteroatoms. The van der Waals surface area contributed by atoms with Gasteiger partial charge in [-0.1, -0.05) is 36.6 Å². The molecule has 1 aliphatic rings. The van der Waals surface area contributed by atoms with Crippen LogP contribution in [0.2, 0.25) is 5.02 Å². The van der Waals surface area contributed by atoms with Gasteiger partial charge in [0.2, 0.25) is 11.8 Å². The minimum absolute atomic E-state index is 0.107. The van der Waals surface area contributed by atoms with Crippen LogP contribution in [0.3, 0.4) is 0 Å². The molecule has 1 fully saturated rings. The van der Waals surface area contributed by atoms with Crippen molar-refractivity contribution in [1.29, 1.82) is 0 Å². The molecule has 0 aromatic heterocycles. The third-order valence-electron chi connectivity index (χ3n) is 4.24. The highest BCUT2D eigenvalue weighted by molar-refractivity contribution is 6.30. The first kappa shape index (κ1) is 16.8. The second-order valence-electron chi connectivity index (χ2n) is 6.00. The number of amides is 2. The van der Waals surface area contributed by atoms with Gasteiger partial charge in [-0.25, -0.2) is 0 Å². The van der Waals surface area contributed by atoms with E-state index in [4.69, 9.17) is 11.6 Å². The summed E-state index contributed by atoms with van der Waals surface area (Å²) >= 11 is 5.88. The van der Waals surface area contributed by atoms with Crippen molar-refractivity contribution in [1.82, 2.24) is 10.6 Å². The Morgan fingerprint density at radius 3 is 2.27 bits per heavy atom. The van der Waals surface area contributed by atoms with Crippen molar-refractivity contribution in [2.45, 2.75) is 51.6 Å². The first-order valence-corrected chi connectivity index (χ1v) is 8.18. The van der Waals surface area contributed by atoms with E-state index in [1.54, 1.807) is 0 Å². The SMILES string of the molecule is CC(=O)NC(C(=O)NC(C)c1ccc(Cl)cc1)C1CCCC1. The largest absolute Gasteiger partial charge is 0.348 e. The average Bonchev–Trinajstić information content (AvgIpc) is 2.99. The smallest absolute Gasteiger partial charge is 0.243 e. The number of carbonyl (C=O) groups excluding carboxylic acids is 2. The quantitative estimate of drug-likeness (QED) is 0.874. The Labute approximate surface area is 136 Å². The van der Waals surface area contributed by atoms with Crippen molar-refractivity contribution in [3.8, 4) is 0 Å². The first-order chi connectivity index (χ1) is 10.5. The number of nitrogens with one attached hydrogen (secondary N) is 2. The van der Waals surface area contributed by atoms with E-state index in [2.05, 4.69) is 10.6 Å². The Morgan fingerprint density at radius 2 is 1.73 bits per heavy atom. The van der Waals surface area contributed by atoms with Gasteiger partial charge in [-0.05, 0) is 43.4 Å². The van der Waals surface area contributed by atoms with Crippen LogP contribution in [0.25, 0.3) is 0 Å². The predicted octanol–water partition coefficient (Wildman–Crippen LogP) is 3.21. The molecule has 1 aliphatic carbocycles. The number of carbonyl (C=O) groups is 2. The average molecular weight is 323 g/mol. The number of rotatable bonds is 5. The van der Waals surface area contributed by atoms with E-state index >= 15 is 0 Å². The summed E-state index contributed by atoms with van der Waals surface area (Å²) in [5.74, 6) is -0.0305. The van der Waals surface area contributed by atoms with Crippen molar-refractivity contribution >= 4 is 23.4 Å². The summed E-state index contributed by atoms with van der Waals surface area (Å²) in [4.78, 5) is 24.0. The Kier molecular flexibility index (Phi) is 5.83. The van der Waals surface area contributed by atoms with Gasteiger partial charge in [-0.3, -0.25) is 9.59 Å². The van der Waals surface area contributed by atoms with Crippen molar-refractivity contribution in [3.05, 3.63) is 34.9 Å². The lowest BCUT2D eigenvalue weighted by Crippen LogP contribution is -2.50. The molecule has 0 heterocycles. The number of benzene rings is 1. The maximum Gasteiger partial charge on any atom is 0.243 e. The van der Waals surface area contributed by atoms with Gasteiger partial charge >= 0.3 is 0 Å². The van der Waals surface area contributed by atoms with E-state index in [0.717, 1.165) is 31.2 Å². The van der Waals surface area contributed by atoms with Crippen LogP contribution in [0.1, 0.15) is 51.1 Å². The molecule has 1 aromatic rings. The van der Waals surface area contributed by atoms with E-state index < -0.39 is 6.04 Å². The molecule has 0 saturated heterocycles. The van der Waals surface area contributed by atoms with Crippen LogP contribution < -0.4 is 10.6 Å². The standard InChI is InChI=1S/C17H23ClN2O2/c1-11(13-7-9-15(18)10-8-13)19-17(22)16(20-12(2)21)14-5-3-4-6-14/h7-11,14,16H,3-6H2,1-2H3,(H,19,22)(H,20,21). The molecule has 2 amide bonds. The molecule has 120 valence electrons. The Morgan fingerprint density at radius 1 is 1.14 bits per heavy atom. The van der Waals surface area contributed by atoms with Crippen LogP contribution >= 0.6 is 11.6 Å². The van der Waals surface area contributed by atoms with Crippen LogP contribution in [0, 0.1) is 5.92 Å². The molecular formula is C17H23ClN2O2. The molecule has 22 heavy (non-hydrogen) atoms. The molecule has 2 unspecified atom stereocenters. The maximum atomic E-state index is 12.6. The molecule has 4 nitrogen and oxygen atoms in total. The van der Waals surface area contributed by atoms with Crippen LogP contribution in [-0.2, 0) is 9.59 Å². The van der Waals surface area contributed by atoms with Crippen LogP contribution in [0.4, 0.5) is 0 Å². The fourth-order valence-electron chi connectivity index (χ4n) is 3.05. The van der Waals surface area contributed by atoms with Gasteiger partial charge in [0.15, 0.2) is 0 Å². The molecule has 2 atom stereocenters. The number of hydrogen-bond donors (Lipinski definition) is 2. The van der Waals surface area contributed by atoms with Crippen LogP contribution in [0.5, 0.6) is 0 Å². The molecule has 0 spiro atoms. The second-order valence-corrected chi connectivity index (χ2v) is 6.44. The van der Waals surface area contributed by atoms with E-state index in [1.807, 2.05) is 31.2 Å². The molecule has 2 rings (SSSR count). The molecule has 1 aromatic carbocycles. The summed E-state index contributed by atoms with van der Waals surface area (Å²) in [6.07, 6.45) is 4.24. The number of hydrogen-bond acceptors (Lipinski definition) is 2. The summed E-state index contributed by atoms with van der Waals surface area (Å²) in [5, 5.41) is 6.49. The highest BCUT2D eigenvalue weighted by Crippen LogP contribution is 2.28. The minimum atomic E-state index is -0.435. The van der Waals surface area contributed by atoms with Gasteiger partial charge in [-0.15, -0.1) is 0 Å². The van der Waals surface area contributed by atoms with E-state index in [-0.39, 0.29) is 23.8 Å². The minimum Gasteiger partial charge on any atom is -0.348 e. The highest BCUT2D eigenvalue weighted by Gasteiger charge is 2.31. The molecular weight excluding hydrogens is 300 g/mol. The lowest BCUT2D eigenvalue weighted by molar-refractivity contribution is -0.129. The van der Waals surface area contributed by atoms with Gasteiger partial charge in [0, 0.05) is 11.9 Å². The zero-order chi connectivity index (χ0) is 16.1. The van der Waals surface area contributed by atoms with E-state index in [1.165, 1.54) is 6.92 Å². The zero-order valence-corrected chi connectivity index (χ0v) is 13.8. The third kappa shape index (κ3) is 4.47. The van der Waals surface area contributed by atoms with Gasteiger partial charge in [0.05, 0.1) is 6.04 Å². The summed E-state index contributed by atoms with van der Waals surface area (Å²) in [7, 11) is 0. The van der Waals surface area contributed by atoms with Crippen LogP contribution in [0.15, 0.2) is 24.3 Å². The monoisotopic (exact) mass is 322 g/mol. The Hall–Kier alpha value is -1.55. The van der Waals surface area contributed by atoms with E-state index in [9.17, 15) is 9.59 Å². The predicted molar refractivity (Wildman–Crippen MR) is 87.6 cm³/mol. The molecule has 0 aliphatic heterocycles. The van der Waals surface area contributed by atoms with Crippen molar-refractivity contribution in [2.24, 2.45) is 5.92 Å². The van der Waals surface area contributed by atoms with E-state index in [0.29, 0.717) is 5.02 Å². The summed E-state index contributed by atoms with van der Waals surface area (Å²) in [5.41, 5.74) is 0.991. The second kappa shape index (κ2) is 7.63. The topological polar surface area (TPSA) is 58.2 Å². The third-order valence-corrected chi connectivity index (χ3v) is 4.49. The number of halogens is 1. The normalized spacial score (nSPS) is 17.8. The summed E-state index contributed by atoms with van der Waals surface area (Å²) in [6.45, 7) is 3.39. The van der Waals surface area contributed by atoms with Crippen LogP contribution in [-0.4, -0.2) is 17.9 Å². The summed E-state index contributed by atoms with van der Waals surface area (Å²) in [6, 6.07) is 6.85. The van der Waals surface area contributed by atoms with Crippen molar-refractivity contribution < 1.29 is 9.59 Å². The molecule has 2 N–H and O–H groups in total. The van der Waals surface area contributed by atoms with Gasteiger partial charge in [0.25, 0.3) is 0 Å². The maximum absolute atomic E-state index is 12.6. The molecule has 0 radical (unpaired) electrons. The fourth-order valence-corrected chi connectivity index (χ4v) is 3.17.